The maximum atomic E-state index is 12.4. The van der Waals surface area contributed by atoms with E-state index in [2.05, 4.69) is 51.7 Å². The maximum absolute atomic E-state index is 12.4. The third-order valence-corrected chi connectivity index (χ3v) is 4.44. The first-order chi connectivity index (χ1) is 14.5. The van der Waals surface area contributed by atoms with Crippen molar-refractivity contribution in [3.63, 3.8) is 0 Å². The predicted molar refractivity (Wildman–Crippen MR) is 115 cm³/mol. The summed E-state index contributed by atoms with van der Waals surface area (Å²) in [6.45, 7) is 7.67. The molecule has 3 amide bonds. The van der Waals surface area contributed by atoms with E-state index in [0.717, 1.165) is 57.8 Å². The van der Waals surface area contributed by atoms with E-state index in [0.29, 0.717) is 19.6 Å². The lowest BCUT2D eigenvalue weighted by atomic mass is 10.2. The van der Waals surface area contributed by atoms with E-state index < -0.39 is 17.7 Å². The summed E-state index contributed by atoms with van der Waals surface area (Å²) in [6, 6.07) is 0. The number of hydrogen-bond acceptors (Lipinski definition) is 6. The SMILES string of the molecule is CCCCCNC(=O)c1nc(C(=O)NCCCCC)nc(C(=O)NCCCCC)n1. The normalized spacial score (nSPS) is 10.5. The second-order valence-corrected chi connectivity index (χ2v) is 7.20. The van der Waals surface area contributed by atoms with E-state index in [4.69, 9.17) is 0 Å². The maximum Gasteiger partial charge on any atom is 0.289 e. The molecule has 9 heteroatoms. The van der Waals surface area contributed by atoms with E-state index in [1.54, 1.807) is 0 Å². The van der Waals surface area contributed by atoms with Gasteiger partial charge in [-0.1, -0.05) is 59.3 Å². The molecule has 1 aromatic rings. The molecule has 0 radical (unpaired) electrons. The van der Waals surface area contributed by atoms with Crippen molar-refractivity contribution in [2.24, 2.45) is 0 Å². The number of rotatable bonds is 15. The van der Waals surface area contributed by atoms with Crippen LogP contribution in [0, 0.1) is 0 Å². The van der Waals surface area contributed by atoms with Crippen LogP contribution >= 0.6 is 0 Å². The van der Waals surface area contributed by atoms with Crippen molar-refractivity contribution in [2.75, 3.05) is 19.6 Å². The Kier molecular flexibility index (Phi) is 13.0. The first-order valence-corrected chi connectivity index (χ1v) is 11.1. The van der Waals surface area contributed by atoms with Crippen LogP contribution in [0.15, 0.2) is 0 Å². The van der Waals surface area contributed by atoms with Crippen molar-refractivity contribution in [3.8, 4) is 0 Å². The highest BCUT2D eigenvalue weighted by atomic mass is 16.2. The number of carbonyl (C=O) groups excluding carboxylic acids is 3. The summed E-state index contributed by atoms with van der Waals surface area (Å²) in [6.07, 6.45) is 8.59. The monoisotopic (exact) mass is 420 g/mol. The molecule has 3 N–H and O–H groups in total. The van der Waals surface area contributed by atoms with Crippen LogP contribution in [0.5, 0.6) is 0 Å². The van der Waals surface area contributed by atoms with Gasteiger partial charge in [-0.3, -0.25) is 14.4 Å². The van der Waals surface area contributed by atoms with Gasteiger partial charge in [0, 0.05) is 19.6 Å². The molecule has 0 saturated heterocycles. The van der Waals surface area contributed by atoms with Crippen LogP contribution in [-0.2, 0) is 0 Å². The number of amides is 3. The van der Waals surface area contributed by atoms with Crippen molar-refractivity contribution in [1.29, 1.82) is 0 Å². The smallest absolute Gasteiger partial charge is 0.289 e. The molecule has 0 fully saturated rings. The Balaban J connectivity index is 2.92. The molecule has 1 heterocycles. The molecule has 0 atom stereocenters. The van der Waals surface area contributed by atoms with Crippen molar-refractivity contribution in [1.82, 2.24) is 30.9 Å². The van der Waals surface area contributed by atoms with Crippen LogP contribution in [0.1, 0.15) is 110 Å². The predicted octanol–water partition coefficient (Wildman–Crippen LogP) is 2.63. The summed E-state index contributed by atoms with van der Waals surface area (Å²) >= 11 is 0. The second-order valence-electron chi connectivity index (χ2n) is 7.20. The van der Waals surface area contributed by atoms with Gasteiger partial charge in [-0.15, -0.1) is 0 Å². The molecule has 0 bridgehead atoms. The summed E-state index contributed by atoms with van der Waals surface area (Å²) in [5.74, 6) is -2.23. The topological polar surface area (TPSA) is 126 Å². The molecule has 0 aliphatic carbocycles. The zero-order valence-electron chi connectivity index (χ0n) is 18.6. The number of aromatic nitrogens is 3. The van der Waals surface area contributed by atoms with Crippen LogP contribution in [-0.4, -0.2) is 52.3 Å². The Morgan fingerprint density at radius 3 is 1.03 bits per heavy atom. The molecule has 1 aromatic heterocycles. The van der Waals surface area contributed by atoms with Gasteiger partial charge in [0.25, 0.3) is 17.7 Å². The molecule has 0 aromatic carbocycles. The van der Waals surface area contributed by atoms with Gasteiger partial charge >= 0.3 is 0 Å². The lowest BCUT2D eigenvalue weighted by molar-refractivity contribution is 0.0928. The largest absolute Gasteiger partial charge is 0.349 e. The van der Waals surface area contributed by atoms with Gasteiger partial charge in [0.2, 0.25) is 17.5 Å². The molecule has 1 rings (SSSR count). The molecule has 0 unspecified atom stereocenters. The van der Waals surface area contributed by atoms with E-state index in [1.807, 2.05) is 0 Å². The van der Waals surface area contributed by atoms with Crippen molar-refractivity contribution in [3.05, 3.63) is 17.5 Å². The minimum Gasteiger partial charge on any atom is -0.349 e. The van der Waals surface area contributed by atoms with E-state index in [9.17, 15) is 14.4 Å². The molecule has 0 saturated carbocycles. The minimum absolute atomic E-state index is 0.223. The zero-order chi connectivity index (χ0) is 22.2. The fraction of sp³-hybridized carbons (Fsp3) is 0.714. The Morgan fingerprint density at radius 2 is 0.800 bits per heavy atom. The van der Waals surface area contributed by atoms with Crippen molar-refractivity contribution < 1.29 is 14.4 Å². The first kappa shape index (κ1) is 25.5. The van der Waals surface area contributed by atoms with Gasteiger partial charge in [0.1, 0.15) is 0 Å². The fourth-order valence-electron chi connectivity index (χ4n) is 2.65. The van der Waals surface area contributed by atoms with Crippen LogP contribution in [0.2, 0.25) is 0 Å². The van der Waals surface area contributed by atoms with E-state index >= 15 is 0 Å². The number of unbranched alkanes of at least 4 members (excludes halogenated alkanes) is 6. The second kappa shape index (κ2) is 15.3. The quantitative estimate of drug-likeness (QED) is 0.375. The van der Waals surface area contributed by atoms with Crippen LogP contribution in [0.4, 0.5) is 0 Å². The number of nitrogens with one attached hydrogen (secondary N) is 3. The van der Waals surface area contributed by atoms with Crippen LogP contribution in [0.25, 0.3) is 0 Å². The van der Waals surface area contributed by atoms with Gasteiger partial charge in [-0.05, 0) is 19.3 Å². The highest BCUT2D eigenvalue weighted by molar-refractivity contribution is 5.97. The van der Waals surface area contributed by atoms with Gasteiger partial charge in [0.05, 0.1) is 0 Å². The molecule has 9 nitrogen and oxygen atoms in total. The average molecular weight is 421 g/mol. The molecule has 0 aliphatic rings. The molecule has 30 heavy (non-hydrogen) atoms. The van der Waals surface area contributed by atoms with Crippen molar-refractivity contribution in [2.45, 2.75) is 78.6 Å². The number of hydrogen-bond donors (Lipinski definition) is 3. The summed E-state index contributed by atoms with van der Waals surface area (Å²) in [5, 5.41) is 8.19. The Labute approximate surface area is 179 Å². The molecule has 168 valence electrons. The minimum atomic E-state index is -0.520. The summed E-state index contributed by atoms with van der Waals surface area (Å²) < 4.78 is 0. The van der Waals surface area contributed by atoms with Gasteiger partial charge in [-0.25, -0.2) is 0 Å². The average Bonchev–Trinajstić information content (AvgIpc) is 2.76. The first-order valence-electron chi connectivity index (χ1n) is 11.1. The number of carbonyl (C=O) groups is 3. The van der Waals surface area contributed by atoms with E-state index in [-0.39, 0.29) is 17.5 Å². The Bertz CT molecular complexity index is 578. The molecule has 0 spiro atoms. The fourth-order valence-corrected chi connectivity index (χ4v) is 2.65. The van der Waals surface area contributed by atoms with Gasteiger partial charge in [-0.2, -0.15) is 15.0 Å². The number of nitrogens with zero attached hydrogens (tertiary/aromatic N) is 3. The lowest BCUT2D eigenvalue weighted by Gasteiger charge is -2.09. The molecular weight excluding hydrogens is 384 g/mol. The summed E-state index contributed by atoms with van der Waals surface area (Å²) in [4.78, 5) is 49.3. The Hall–Kier alpha value is -2.58. The van der Waals surface area contributed by atoms with Crippen molar-refractivity contribution >= 4 is 17.7 Å². The highest BCUT2D eigenvalue weighted by Gasteiger charge is 2.21. The van der Waals surface area contributed by atoms with Crippen LogP contribution in [0.3, 0.4) is 0 Å². The molecular formula is C21H36N6O3. The van der Waals surface area contributed by atoms with Gasteiger partial charge < -0.3 is 16.0 Å². The van der Waals surface area contributed by atoms with Gasteiger partial charge in [0.15, 0.2) is 0 Å². The summed E-state index contributed by atoms with van der Waals surface area (Å²) in [5.41, 5.74) is 0. The zero-order valence-corrected chi connectivity index (χ0v) is 18.6. The molecule has 0 aliphatic heterocycles. The third kappa shape index (κ3) is 9.76. The lowest BCUT2D eigenvalue weighted by Crippen LogP contribution is -2.34. The van der Waals surface area contributed by atoms with Crippen LogP contribution < -0.4 is 16.0 Å². The highest BCUT2D eigenvalue weighted by Crippen LogP contribution is 2.01. The van der Waals surface area contributed by atoms with E-state index in [1.165, 1.54) is 0 Å². The summed E-state index contributed by atoms with van der Waals surface area (Å²) in [7, 11) is 0. The Morgan fingerprint density at radius 1 is 0.533 bits per heavy atom. The standard InChI is InChI=1S/C21H36N6O3/c1-4-7-10-13-22-19(28)16-25-17(20(29)23-14-11-8-5-2)27-18(26-16)21(30)24-15-12-9-6-3/h4-15H2,1-3H3,(H,22,28)(H,23,29)(H,24,30). The third-order valence-electron chi connectivity index (χ3n) is 4.44.